The fraction of sp³-hybridized carbons (Fsp3) is 0.750. The monoisotopic (exact) mass is 1630 g/mol. The van der Waals surface area contributed by atoms with Gasteiger partial charge >= 0.3 is 5.97 Å². The Kier molecular flexibility index (Phi) is 41.3. The van der Waals surface area contributed by atoms with Crippen molar-refractivity contribution in [1.29, 1.82) is 0 Å². The summed E-state index contributed by atoms with van der Waals surface area (Å²) in [5.41, 5.74) is 51.1. The van der Waals surface area contributed by atoms with Crippen LogP contribution in [0.15, 0.2) is 0 Å². The number of likely N-dealkylation sites (tertiary alicyclic amines) is 4. The smallest absolute Gasteiger partial charge is 0.305 e. The van der Waals surface area contributed by atoms with Crippen LogP contribution in [0.25, 0.3) is 0 Å². The van der Waals surface area contributed by atoms with Crippen LogP contribution in [0.5, 0.6) is 0 Å². The van der Waals surface area contributed by atoms with Crippen LogP contribution in [0.1, 0.15) is 183 Å². The van der Waals surface area contributed by atoms with Crippen LogP contribution >= 0.6 is 0 Å². The molecule has 4 fully saturated rings. The molecule has 43 nitrogen and oxygen atoms in total. The molecule has 115 heavy (non-hydrogen) atoms. The zero-order valence-electron chi connectivity index (χ0n) is 66.8. The average molecular weight is 1630 g/mol. The van der Waals surface area contributed by atoms with Crippen molar-refractivity contribution in [2.75, 3.05) is 45.8 Å². The molecular formula is C72H126N24O19. The van der Waals surface area contributed by atoms with Crippen molar-refractivity contribution in [1.82, 2.24) is 78.1 Å². The normalized spacial score (nSPS) is 19.7. The summed E-state index contributed by atoms with van der Waals surface area (Å²) in [7, 11) is 0. The molecular weight excluding hydrogens is 1500 g/mol. The van der Waals surface area contributed by atoms with E-state index in [0.717, 1.165) is 0 Å². The molecule has 0 saturated carbocycles. The van der Waals surface area contributed by atoms with E-state index >= 15 is 0 Å². The van der Waals surface area contributed by atoms with Crippen molar-refractivity contribution in [2.24, 2.45) is 69.4 Å². The first-order valence-corrected chi connectivity index (χ1v) is 39.7. The quantitative estimate of drug-likeness (QED) is 0.0153. The summed E-state index contributed by atoms with van der Waals surface area (Å²) in [5.74, 6) is -17.0. The average Bonchev–Trinajstić information content (AvgIpc) is 1.65. The van der Waals surface area contributed by atoms with E-state index in [1.165, 1.54) is 19.6 Å². The van der Waals surface area contributed by atoms with E-state index in [4.69, 9.17) is 51.6 Å². The van der Waals surface area contributed by atoms with Crippen molar-refractivity contribution < 1.29 is 91.4 Å². The van der Waals surface area contributed by atoms with Gasteiger partial charge in [-0.05, 0) is 147 Å². The van der Waals surface area contributed by atoms with Gasteiger partial charge in [-0.1, -0.05) is 48.0 Å². The minimum absolute atomic E-state index is 0.0139. The lowest BCUT2D eigenvalue weighted by atomic mass is 9.98. The first kappa shape index (κ1) is 97.7. The zero-order valence-corrected chi connectivity index (χ0v) is 66.8. The molecule has 0 spiro atoms. The van der Waals surface area contributed by atoms with Crippen LogP contribution in [0, 0.1) is 17.8 Å². The van der Waals surface area contributed by atoms with E-state index in [-0.39, 0.29) is 141 Å². The second-order valence-corrected chi connectivity index (χ2v) is 30.7. The number of amides is 16. The minimum atomic E-state index is -1.88. The second-order valence-electron chi connectivity index (χ2n) is 30.7. The third-order valence-electron chi connectivity index (χ3n) is 20.7. The largest absolute Gasteiger partial charge is 0.481 e. The van der Waals surface area contributed by atoms with Crippen LogP contribution in [0.3, 0.4) is 0 Å². The van der Waals surface area contributed by atoms with Crippen molar-refractivity contribution in [2.45, 2.75) is 280 Å². The molecule has 4 aliphatic rings. The molecule has 0 unspecified atom stereocenters. The summed E-state index contributed by atoms with van der Waals surface area (Å²) >= 11 is 0. The number of nitrogens with one attached hydrogen (secondary N) is 11. The molecule has 16 amide bonds. The first-order valence-electron chi connectivity index (χ1n) is 39.7. The number of unbranched alkanes of at least 4 members (excludes halogenated alkanes) is 1. The molecule has 648 valence electrons. The molecule has 15 atom stereocenters. The number of carbonyl (C=O) groups is 18. The molecule has 4 heterocycles. The molecule has 43 heteroatoms. The van der Waals surface area contributed by atoms with E-state index in [1.54, 1.807) is 34.6 Å². The zero-order chi connectivity index (χ0) is 86.1. The van der Waals surface area contributed by atoms with Gasteiger partial charge in [0.2, 0.25) is 94.5 Å². The van der Waals surface area contributed by atoms with Gasteiger partial charge in [-0.15, -0.1) is 0 Å². The summed E-state index contributed by atoms with van der Waals surface area (Å²) in [5, 5.41) is 37.9. The van der Waals surface area contributed by atoms with Gasteiger partial charge in [0.05, 0.1) is 31.3 Å². The van der Waals surface area contributed by atoms with Crippen LogP contribution in [0.2, 0.25) is 0 Å². The molecule has 0 aliphatic carbocycles. The molecule has 30 N–H and O–H groups in total. The Hall–Kier alpha value is -9.66. The van der Waals surface area contributed by atoms with E-state index in [9.17, 15) is 91.4 Å². The summed E-state index contributed by atoms with van der Waals surface area (Å²) < 4.78 is 0. The van der Waals surface area contributed by atoms with Gasteiger partial charge in [-0.25, -0.2) is 0 Å². The SMILES string of the molecule is CC[C@H](C)[C@H](N)C(=O)N[C@@H](CCC(N)=O)C(=O)N1CCC[C@H]1C(=O)N1CCC[C@H]1C(=O)N1CCC[C@H]1C(=O)N[C@H](C(=O)N[C@@H](CC(N)=O)C(=O)N[C@@H](CCCNC(N)N)C(=O)N[C@@H](CC(N)=O)C(=O)N[C@@H](CC(C)C)C(=O)N[C@@H](CCCCN)C(=O)N1CCC[C@H]1C(=O)N[C@@H](CC(=O)O)C(=O)N[C@H](C=O)CCCNC(N)N)C(C)C. The molecule has 0 aromatic rings. The molecule has 4 saturated heterocycles. The maximum atomic E-state index is 14.7. The highest BCUT2D eigenvalue weighted by atomic mass is 16.4. The fourth-order valence-electron chi connectivity index (χ4n) is 14.2. The number of hydrogen-bond donors (Lipinski definition) is 21. The lowest BCUT2D eigenvalue weighted by molar-refractivity contribution is -0.151. The predicted molar refractivity (Wildman–Crippen MR) is 414 cm³/mol. The molecule has 0 radical (unpaired) electrons. The molecule has 0 aromatic carbocycles. The third-order valence-corrected chi connectivity index (χ3v) is 20.7. The highest BCUT2D eigenvalue weighted by molar-refractivity contribution is 6.02. The van der Waals surface area contributed by atoms with Gasteiger partial charge in [-0.2, -0.15) is 0 Å². The Bertz CT molecular complexity index is 3390. The summed E-state index contributed by atoms with van der Waals surface area (Å²) in [6.45, 7) is 10.9. The number of carboxylic acids is 1. The van der Waals surface area contributed by atoms with E-state index in [2.05, 4.69) is 58.5 Å². The van der Waals surface area contributed by atoms with Crippen molar-refractivity contribution in [3.63, 3.8) is 0 Å². The lowest BCUT2D eigenvalue weighted by Gasteiger charge is -2.35. The van der Waals surface area contributed by atoms with Crippen LogP contribution in [0.4, 0.5) is 0 Å². The number of carbonyl (C=O) groups excluding carboxylic acids is 17. The number of hydrogen-bond acceptors (Lipinski definition) is 26. The number of primary amides is 3. The van der Waals surface area contributed by atoms with Crippen molar-refractivity contribution in [3.05, 3.63) is 0 Å². The molecule has 0 bridgehead atoms. The summed E-state index contributed by atoms with van der Waals surface area (Å²) in [6.07, 6.45) is -1.36. The number of aliphatic carboxylic acids is 1. The van der Waals surface area contributed by atoms with Crippen LogP contribution < -0.4 is 110 Å². The molecule has 4 aliphatic heterocycles. The van der Waals surface area contributed by atoms with Gasteiger partial charge in [0.15, 0.2) is 0 Å². The van der Waals surface area contributed by atoms with Crippen LogP contribution in [-0.4, -0.2) is 274 Å². The Labute approximate surface area is 668 Å². The predicted octanol–water partition coefficient (Wildman–Crippen LogP) is -8.65. The van der Waals surface area contributed by atoms with E-state index in [1.807, 2.05) is 6.92 Å². The van der Waals surface area contributed by atoms with Gasteiger partial charge in [0, 0.05) is 32.6 Å². The maximum Gasteiger partial charge on any atom is 0.305 e. The van der Waals surface area contributed by atoms with E-state index in [0.29, 0.717) is 44.8 Å². The number of carboxylic acid groups (broad SMARTS) is 1. The minimum Gasteiger partial charge on any atom is -0.481 e. The van der Waals surface area contributed by atoms with Gasteiger partial charge in [0.25, 0.3) is 0 Å². The van der Waals surface area contributed by atoms with Gasteiger partial charge in [-0.3, -0.25) is 92.1 Å². The molecule has 0 aromatic heterocycles. The Morgan fingerprint density at radius 1 is 0.435 bits per heavy atom. The lowest BCUT2D eigenvalue weighted by Crippen LogP contribution is -2.61. The second kappa shape index (κ2) is 48.6. The van der Waals surface area contributed by atoms with Gasteiger partial charge in [0.1, 0.15) is 91.4 Å². The number of nitrogens with zero attached hydrogens (tertiary/aromatic N) is 4. The van der Waals surface area contributed by atoms with E-state index < -0.39 is 223 Å². The Morgan fingerprint density at radius 3 is 1.32 bits per heavy atom. The fourth-order valence-corrected chi connectivity index (χ4v) is 14.2. The highest BCUT2D eigenvalue weighted by Crippen LogP contribution is 2.30. The number of aldehydes is 1. The number of nitrogens with two attached hydrogens (primary N) is 9. The topological polar surface area (TPSA) is 707 Å². The Balaban J connectivity index is 1.54. The third kappa shape index (κ3) is 31.5. The van der Waals surface area contributed by atoms with Crippen molar-refractivity contribution in [3.8, 4) is 0 Å². The van der Waals surface area contributed by atoms with Crippen LogP contribution in [-0.2, 0) is 86.3 Å². The Morgan fingerprint density at radius 2 is 0.835 bits per heavy atom. The summed E-state index contributed by atoms with van der Waals surface area (Å²) in [4.78, 5) is 252. The standard InChI is InChI=1S/C72H126N24O19/c1-7-39(6)56(77)65(110)87-43(23-24-52(74)98)68(113)95-30-14-21-50(95)70(115)96-31-15-22-51(96)69(114)94-29-13-20-49(94)64(109)92-57(38(4)5)66(111)91-46(34-54(76)100)61(106)85-41(18-11-27-83-72(80)81)58(103)89-45(33-53(75)99)62(107)88-44(32-37(2)3)60(105)86-42(17-8-9-25-73)67(112)93-28-12-19-48(93)63(108)90-47(35-55(101)102)59(104)84-40(36-97)16-10-26-82-71(78)79/h36-51,56-57,71-72,82-83H,7-35,73,77-81H2,1-6H3,(H2,74,98)(H2,75,99)(H2,76,100)(H,84,104)(H,85,106)(H,86,105)(H,87,110)(H,88,107)(H,89,103)(H,90,108)(H,91,111)(H,92,109)(H,101,102)/t39-,40-,41-,42-,43-,44-,45-,46-,47-,48-,49-,50-,51-,56-,57-/m0/s1. The summed E-state index contributed by atoms with van der Waals surface area (Å²) in [6, 6.07) is -19.3. The maximum absolute atomic E-state index is 14.7. The first-order chi connectivity index (χ1) is 54.2. The number of rotatable bonds is 51. The highest BCUT2D eigenvalue weighted by Gasteiger charge is 2.48. The van der Waals surface area contributed by atoms with Gasteiger partial charge < -0.3 is 129 Å². The van der Waals surface area contributed by atoms with Crippen molar-refractivity contribution >= 4 is 107 Å². The molecule has 4 rings (SSSR count).